The number of hydrogen-bond donors (Lipinski definition) is 4. The number of carbonyl (C=O) groups is 3. The Kier molecular flexibility index (Phi) is 6.94. The highest BCUT2D eigenvalue weighted by Gasteiger charge is 2.50. The van der Waals surface area contributed by atoms with Gasteiger partial charge in [0.15, 0.2) is 6.10 Å². The van der Waals surface area contributed by atoms with Crippen LogP contribution in [-0.4, -0.2) is 58.0 Å². The molecule has 3 atom stereocenters. The second-order valence-electron chi connectivity index (χ2n) is 7.75. The molecule has 3 rings (SSSR count). The zero-order chi connectivity index (χ0) is 24.3. The molecular formula is C22H25FN4O6. The number of anilines is 2. The van der Waals surface area contributed by atoms with Gasteiger partial charge in [0.05, 0.1) is 18.2 Å². The zero-order valence-corrected chi connectivity index (χ0v) is 18.1. The van der Waals surface area contributed by atoms with E-state index in [4.69, 9.17) is 15.6 Å². The van der Waals surface area contributed by atoms with Crippen molar-refractivity contribution < 1.29 is 33.7 Å². The van der Waals surface area contributed by atoms with Crippen LogP contribution in [0, 0.1) is 11.7 Å². The van der Waals surface area contributed by atoms with Crippen molar-refractivity contribution in [2.45, 2.75) is 32.0 Å². The number of aliphatic hydroxyl groups is 2. The van der Waals surface area contributed by atoms with Crippen molar-refractivity contribution in [1.82, 2.24) is 4.98 Å². The molecule has 10 nitrogen and oxygen atoms in total. The quantitative estimate of drug-likeness (QED) is 0.464. The number of benzene rings is 1. The number of rotatable bonds is 8. The van der Waals surface area contributed by atoms with Crippen molar-refractivity contribution in [2.75, 3.05) is 23.4 Å². The molecule has 1 aliphatic rings. The summed E-state index contributed by atoms with van der Waals surface area (Å²) in [5.74, 6) is -2.73. The molecule has 33 heavy (non-hydrogen) atoms. The van der Waals surface area contributed by atoms with Gasteiger partial charge in [-0.05, 0) is 36.8 Å². The molecule has 0 saturated carbocycles. The first-order chi connectivity index (χ1) is 15.6. The van der Waals surface area contributed by atoms with Crippen LogP contribution >= 0.6 is 0 Å². The predicted molar refractivity (Wildman–Crippen MR) is 117 cm³/mol. The Morgan fingerprint density at radius 3 is 2.67 bits per heavy atom. The lowest BCUT2D eigenvalue weighted by Gasteiger charge is -2.35. The zero-order valence-electron chi connectivity index (χ0n) is 18.1. The van der Waals surface area contributed by atoms with Gasteiger partial charge in [0.2, 0.25) is 5.91 Å². The van der Waals surface area contributed by atoms with Gasteiger partial charge >= 0.3 is 6.09 Å². The highest BCUT2D eigenvalue weighted by Crippen LogP contribution is 2.35. The molecule has 11 heteroatoms. The van der Waals surface area contributed by atoms with Gasteiger partial charge in [-0.1, -0.05) is 13.8 Å². The maximum atomic E-state index is 14.9. The van der Waals surface area contributed by atoms with Crippen molar-refractivity contribution in [2.24, 2.45) is 11.7 Å². The molecule has 1 aromatic carbocycles. The summed E-state index contributed by atoms with van der Waals surface area (Å²) in [6.07, 6.45) is -0.317. The molecule has 1 aliphatic heterocycles. The summed E-state index contributed by atoms with van der Waals surface area (Å²) < 4.78 is 20.2. The summed E-state index contributed by atoms with van der Waals surface area (Å²) in [7, 11) is 0. The van der Waals surface area contributed by atoms with E-state index in [0.717, 1.165) is 6.07 Å². The number of nitrogens with two attached hydrogens (primary N) is 1. The third-order valence-electron chi connectivity index (χ3n) is 5.86. The molecule has 0 radical (unpaired) electrons. The molecule has 0 spiro atoms. The van der Waals surface area contributed by atoms with E-state index in [1.54, 1.807) is 13.0 Å². The first-order valence-electron chi connectivity index (χ1n) is 10.3. The number of nitrogens with one attached hydrogen (secondary N) is 1. The fourth-order valence-corrected chi connectivity index (χ4v) is 3.71. The molecule has 1 fully saturated rings. The van der Waals surface area contributed by atoms with Crippen LogP contribution in [0.1, 0.15) is 20.3 Å². The number of ether oxygens (including phenoxy) is 1. The monoisotopic (exact) mass is 460 g/mol. The van der Waals surface area contributed by atoms with Crippen molar-refractivity contribution in [3.8, 4) is 11.1 Å². The standard InChI is InChI=1S/C22H25FN4O6/c1-3-22(32,12(2)20(24)30)17-10-27(21(31)33-17)14-5-6-15(16(23)8-14)13-4-7-18(25-9-13)26-19(29)11-28/h4-9,12,17,28,32H,3,10-11H2,1-2H3,(H2,24,30)(H,25,26,29)/t12?,17?,22-/m0/s1. The SMILES string of the molecule is CC[C@@](O)(C1CN(c2ccc(-c3ccc(NC(=O)CO)nc3)c(F)c2)C(=O)O1)C(C)C(N)=O. The smallest absolute Gasteiger partial charge is 0.414 e. The Bertz CT molecular complexity index is 1060. The summed E-state index contributed by atoms with van der Waals surface area (Å²) in [6.45, 7) is 2.35. The molecule has 0 aliphatic carbocycles. The number of carbonyl (C=O) groups excluding carboxylic acids is 3. The average Bonchev–Trinajstić information content (AvgIpc) is 3.20. The highest BCUT2D eigenvalue weighted by atomic mass is 19.1. The van der Waals surface area contributed by atoms with Crippen LogP contribution in [0.5, 0.6) is 0 Å². The molecule has 176 valence electrons. The third-order valence-corrected chi connectivity index (χ3v) is 5.86. The Labute approximate surface area is 189 Å². The second kappa shape index (κ2) is 9.51. The van der Waals surface area contributed by atoms with Crippen LogP contribution in [-0.2, 0) is 14.3 Å². The average molecular weight is 460 g/mol. The molecular weight excluding hydrogens is 435 g/mol. The van der Waals surface area contributed by atoms with Crippen LogP contribution in [0.2, 0.25) is 0 Å². The van der Waals surface area contributed by atoms with Crippen LogP contribution < -0.4 is 16.0 Å². The number of amides is 3. The number of aliphatic hydroxyl groups excluding tert-OH is 1. The largest absolute Gasteiger partial charge is 0.441 e. The van der Waals surface area contributed by atoms with Crippen LogP contribution in [0.3, 0.4) is 0 Å². The molecule has 0 bridgehead atoms. The van der Waals surface area contributed by atoms with Crippen molar-refractivity contribution >= 4 is 29.4 Å². The molecule has 5 N–H and O–H groups in total. The number of nitrogens with zero attached hydrogens (tertiary/aromatic N) is 2. The maximum Gasteiger partial charge on any atom is 0.414 e. The summed E-state index contributed by atoms with van der Waals surface area (Å²) in [4.78, 5) is 40.5. The normalized spacial score (nSPS) is 18.4. The predicted octanol–water partition coefficient (Wildman–Crippen LogP) is 1.41. The van der Waals surface area contributed by atoms with E-state index >= 15 is 0 Å². The molecule has 2 heterocycles. The van der Waals surface area contributed by atoms with E-state index in [9.17, 15) is 23.9 Å². The van der Waals surface area contributed by atoms with Gasteiger partial charge in [-0.25, -0.2) is 14.2 Å². The van der Waals surface area contributed by atoms with Crippen molar-refractivity contribution in [3.63, 3.8) is 0 Å². The Hall–Kier alpha value is -3.57. The first-order valence-corrected chi connectivity index (χ1v) is 10.3. The number of pyridine rings is 1. The molecule has 2 unspecified atom stereocenters. The lowest BCUT2D eigenvalue weighted by molar-refractivity contribution is -0.141. The lowest BCUT2D eigenvalue weighted by atomic mass is 9.81. The Morgan fingerprint density at radius 2 is 2.12 bits per heavy atom. The minimum atomic E-state index is -1.66. The number of primary amides is 1. The van der Waals surface area contributed by atoms with E-state index in [2.05, 4.69) is 10.3 Å². The van der Waals surface area contributed by atoms with Gasteiger partial charge in [0.1, 0.15) is 23.8 Å². The van der Waals surface area contributed by atoms with Gasteiger partial charge < -0.3 is 26.0 Å². The Morgan fingerprint density at radius 1 is 1.39 bits per heavy atom. The van der Waals surface area contributed by atoms with Gasteiger partial charge in [0.25, 0.3) is 5.91 Å². The highest BCUT2D eigenvalue weighted by molar-refractivity contribution is 5.91. The van der Waals surface area contributed by atoms with E-state index in [0.29, 0.717) is 5.56 Å². The van der Waals surface area contributed by atoms with E-state index in [1.807, 2.05) is 0 Å². The molecule has 1 saturated heterocycles. The van der Waals surface area contributed by atoms with E-state index in [1.165, 1.54) is 36.2 Å². The van der Waals surface area contributed by atoms with E-state index < -0.39 is 48.0 Å². The number of halogens is 1. The molecule has 2 aromatic rings. The minimum absolute atomic E-state index is 0.0829. The summed E-state index contributed by atoms with van der Waals surface area (Å²) in [5, 5.41) is 22.1. The maximum absolute atomic E-state index is 14.9. The fourth-order valence-electron chi connectivity index (χ4n) is 3.71. The number of aromatic nitrogens is 1. The lowest BCUT2D eigenvalue weighted by Crippen LogP contribution is -2.53. The third kappa shape index (κ3) is 4.78. The van der Waals surface area contributed by atoms with Crippen LogP contribution in [0.4, 0.5) is 20.7 Å². The van der Waals surface area contributed by atoms with Crippen molar-refractivity contribution in [1.29, 1.82) is 0 Å². The van der Waals surface area contributed by atoms with Gasteiger partial charge in [-0.2, -0.15) is 0 Å². The van der Waals surface area contributed by atoms with Gasteiger partial charge in [-0.3, -0.25) is 14.5 Å². The fraction of sp³-hybridized carbons (Fsp3) is 0.364. The minimum Gasteiger partial charge on any atom is -0.441 e. The summed E-state index contributed by atoms with van der Waals surface area (Å²) >= 11 is 0. The number of hydrogen-bond acceptors (Lipinski definition) is 7. The van der Waals surface area contributed by atoms with Crippen LogP contribution in [0.25, 0.3) is 11.1 Å². The van der Waals surface area contributed by atoms with Crippen LogP contribution in [0.15, 0.2) is 36.5 Å². The van der Waals surface area contributed by atoms with E-state index in [-0.39, 0.29) is 30.0 Å². The molecule has 1 aromatic heterocycles. The van der Waals surface area contributed by atoms with Crippen molar-refractivity contribution in [3.05, 3.63) is 42.3 Å². The Balaban J connectivity index is 1.80. The summed E-state index contributed by atoms with van der Waals surface area (Å²) in [6, 6.07) is 7.15. The molecule has 3 amide bonds. The topological polar surface area (TPSA) is 155 Å². The first kappa shape index (κ1) is 24.1. The second-order valence-corrected chi connectivity index (χ2v) is 7.75. The summed E-state index contributed by atoms with van der Waals surface area (Å²) in [5.41, 5.74) is 4.54. The van der Waals surface area contributed by atoms with Gasteiger partial charge in [0, 0.05) is 17.3 Å². The number of cyclic esters (lactones) is 1. The van der Waals surface area contributed by atoms with Gasteiger partial charge in [-0.15, -0.1) is 0 Å².